The van der Waals surface area contributed by atoms with Gasteiger partial charge in [0.25, 0.3) is 0 Å². The van der Waals surface area contributed by atoms with E-state index in [2.05, 4.69) is 75.0 Å². The number of hydrogen-bond donors (Lipinski definition) is 0. The van der Waals surface area contributed by atoms with E-state index < -0.39 is 11.2 Å². The first-order valence-corrected chi connectivity index (χ1v) is 14.1. The molecular formula is C25H40BrN3O3Si. The molecule has 0 N–H and O–H groups in total. The molecule has 1 amide bonds. The molecule has 0 aliphatic carbocycles. The number of amides is 1. The minimum atomic E-state index is -0.540. The maximum absolute atomic E-state index is 12.8. The molecule has 1 unspecified atom stereocenters. The summed E-state index contributed by atoms with van der Waals surface area (Å²) in [6, 6.07) is 2.57. The van der Waals surface area contributed by atoms with E-state index in [0.717, 1.165) is 22.4 Å². The van der Waals surface area contributed by atoms with Crippen LogP contribution < -0.4 is 4.90 Å². The van der Waals surface area contributed by atoms with E-state index in [9.17, 15) is 4.79 Å². The van der Waals surface area contributed by atoms with Crippen LogP contribution >= 0.6 is 15.9 Å². The number of aromatic nitrogens is 1. The van der Waals surface area contributed by atoms with Crippen LogP contribution in [0.4, 0.5) is 10.6 Å². The Morgan fingerprint density at radius 1 is 1.21 bits per heavy atom. The van der Waals surface area contributed by atoms with Crippen molar-refractivity contribution in [3.63, 3.8) is 0 Å². The third-order valence-electron chi connectivity index (χ3n) is 7.60. The molecular weight excluding hydrogens is 498 g/mol. The molecule has 3 heterocycles. The van der Waals surface area contributed by atoms with Crippen LogP contribution in [0, 0.1) is 11.3 Å². The summed E-state index contributed by atoms with van der Waals surface area (Å²) in [5.41, 5.74) is 1.01. The van der Waals surface area contributed by atoms with Crippen molar-refractivity contribution in [1.82, 2.24) is 9.88 Å². The van der Waals surface area contributed by atoms with Crippen LogP contribution in [0.3, 0.4) is 0 Å². The zero-order valence-corrected chi connectivity index (χ0v) is 24.5. The van der Waals surface area contributed by atoms with E-state index in [0.29, 0.717) is 28.8 Å². The number of anilines is 1. The molecule has 8 heteroatoms. The summed E-state index contributed by atoms with van der Waals surface area (Å²) < 4.78 is 13.1. The maximum Gasteiger partial charge on any atom is 0.410 e. The summed E-state index contributed by atoms with van der Waals surface area (Å²) >= 11 is 3.84. The van der Waals surface area contributed by atoms with Crippen LogP contribution in [0.25, 0.3) is 0 Å². The lowest BCUT2D eigenvalue weighted by Gasteiger charge is -2.47. The van der Waals surface area contributed by atoms with Crippen LogP contribution in [0.5, 0.6) is 0 Å². The minimum absolute atomic E-state index is 0.126. The molecule has 0 spiro atoms. The molecule has 1 aromatic rings. The smallest absolute Gasteiger partial charge is 0.410 e. The van der Waals surface area contributed by atoms with Gasteiger partial charge < -0.3 is 19.0 Å². The quantitative estimate of drug-likeness (QED) is 0.444. The third kappa shape index (κ3) is 4.85. The van der Waals surface area contributed by atoms with Crippen molar-refractivity contribution in [1.29, 1.82) is 0 Å². The number of hydrogen-bond acceptors (Lipinski definition) is 5. The Kier molecular flexibility index (Phi) is 7.34. The lowest BCUT2D eigenvalue weighted by molar-refractivity contribution is -0.0618. The predicted molar refractivity (Wildman–Crippen MR) is 138 cm³/mol. The number of halogens is 1. The number of carbonyl (C=O) groups is 1. The number of nitrogens with zero attached hydrogens (tertiary/aromatic N) is 3. The highest BCUT2D eigenvalue weighted by Gasteiger charge is 2.49. The van der Waals surface area contributed by atoms with Gasteiger partial charge in [0, 0.05) is 29.0 Å². The summed E-state index contributed by atoms with van der Waals surface area (Å²) in [6.45, 7) is 22.4. The van der Waals surface area contributed by atoms with Gasteiger partial charge in [-0.05, 0) is 81.1 Å². The predicted octanol–water partition coefficient (Wildman–Crippen LogP) is 5.80. The molecule has 0 saturated carbocycles. The van der Waals surface area contributed by atoms with Gasteiger partial charge in [-0.25, -0.2) is 9.78 Å². The fourth-order valence-corrected chi connectivity index (χ4v) is 6.43. The van der Waals surface area contributed by atoms with Crippen molar-refractivity contribution in [3.8, 4) is 0 Å². The van der Waals surface area contributed by atoms with Gasteiger partial charge in [0.2, 0.25) is 9.76 Å². The zero-order valence-electron chi connectivity index (χ0n) is 21.9. The SMILES string of the molecule is C[Si]OC(C)(c1nc2c(cc1Br)C[C@@H]1CN(C(=O)OC(C)(C)C)C[C@@H](C)N21)C(C)(C)C(C)C. The standard InChI is InChI=1S/C25H40BrN3O3Si/c1-15(2)24(7,8)25(9,32-33-10)20-19(26)12-17-11-18-14-28(22(30)31-23(4,5)6)13-16(3)29(18)21(17)27-20/h12,15-16,18H,11,13-14H2,1-10H3/t16-,18-,25?/m1/s1. The summed E-state index contributed by atoms with van der Waals surface area (Å²) in [5.74, 6) is 1.44. The van der Waals surface area contributed by atoms with E-state index in [1.54, 1.807) is 0 Å². The van der Waals surface area contributed by atoms with E-state index in [4.69, 9.17) is 14.1 Å². The Balaban J connectivity index is 1.97. The second kappa shape index (κ2) is 9.15. The first kappa shape index (κ1) is 26.5. The Hall–Kier alpha value is -1.12. The number of piperazine rings is 1. The number of fused-ring (bicyclic) bond motifs is 3. The Labute approximate surface area is 210 Å². The topological polar surface area (TPSA) is 54.9 Å². The van der Waals surface area contributed by atoms with Crippen molar-refractivity contribution in [3.05, 3.63) is 21.8 Å². The summed E-state index contributed by atoms with van der Waals surface area (Å²) in [7, 11) is 0.359. The molecule has 0 aromatic carbocycles. The van der Waals surface area contributed by atoms with Crippen LogP contribution in [-0.2, 0) is 21.2 Å². The number of carbonyl (C=O) groups excluding carboxylic acids is 1. The molecule has 0 bridgehead atoms. The second-order valence-corrected chi connectivity index (χ2v) is 13.0. The Morgan fingerprint density at radius 2 is 1.85 bits per heavy atom. The molecule has 3 atom stereocenters. The van der Waals surface area contributed by atoms with Crippen molar-refractivity contribution < 1.29 is 14.0 Å². The molecule has 33 heavy (non-hydrogen) atoms. The highest BCUT2D eigenvalue weighted by Crippen LogP contribution is 2.50. The number of pyridine rings is 1. The minimum Gasteiger partial charge on any atom is -0.444 e. The summed E-state index contributed by atoms with van der Waals surface area (Å²) in [5, 5.41) is 0. The van der Waals surface area contributed by atoms with Crippen molar-refractivity contribution >= 4 is 37.6 Å². The molecule has 1 saturated heterocycles. The second-order valence-electron chi connectivity index (χ2n) is 11.5. The highest BCUT2D eigenvalue weighted by atomic mass is 79.9. The molecule has 2 radical (unpaired) electrons. The lowest BCUT2D eigenvalue weighted by atomic mass is 9.67. The largest absolute Gasteiger partial charge is 0.444 e. The lowest BCUT2D eigenvalue weighted by Crippen LogP contribution is -2.58. The van der Waals surface area contributed by atoms with Gasteiger partial charge in [0.1, 0.15) is 17.0 Å². The molecule has 6 nitrogen and oxygen atoms in total. The van der Waals surface area contributed by atoms with E-state index >= 15 is 0 Å². The van der Waals surface area contributed by atoms with Gasteiger partial charge in [-0.3, -0.25) is 0 Å². The normalized spacial score (nSPS) is 22.8. The Morgan fingerprint density at radius 3 is 2.39 bits per heavy atom. The number of rotatable bonds is 5. The van der Waals surface area contributed by atoms with Crippen LogP contribution in [-0.4, -0.2) is 56.5 Å². The number of ether oxygens (including phenoxy) is 1. The monoisotopic (exact) mass is 537 g/mol. The first-order chi connectivity index (χ1) is 15.1. The average molecular weight is 539 g/mol. The average Bonchev–Trinajstić information content (AvgIpc) is 3.03. The summed E-state index contributed by atoms with van der Waals surface area (Å²) in [6.07, 6.45) is 0.634. The first-order valence-electron chi connectivity index (χ1n) is 11.9. The van der Waals surface area contributed by atoms with Crippen LogP contribution in [0.2, 0.25) is 6.55 Å². The Bertz CT molecular complexity index is 902. The fourth-order valence-electron chi connectivity index (χ4n) is 4.92. The maximum atomic E-state index is 12.8. The van der Waals surface area contributed by atoms with Crippen LogP contribution in [0.1, 0.15) is 73.6 Å². The van der Waals surface area contributed by atoms with E-state index in [1.165, 1.54) is 5.56 Å². The van der Waals surface area contributed by atoms with E-state index in [-0.39, 0.29) is 23.6 Å². The zero-order chi connectivity index (χ0) is 24.9. The van der Waals surface area contributed by atoms with Gasteiger partial charge in [-0.2, -0.15) is 0 Å². The van der Waals surface area contributed by atoms with Gasteiger partial charge in [0.05, 0.1) is 11.7 Å². The van der Waals surface area contributed by atoms with Gasteiger partial charge >= 0.3 is 6.09 Å². The van der Waals surface area contributed by atoms with Gasteiger partial charge in [-0.15, -0.1) is 0 Å². The summed E-state index contributed by atoms with van der Waals surface area (Å²) in [4.78, 5) is 22.3. The molecule has 3 rings (SSSR count). The van der Waals surface area contributed by atoms with Crippen LogP contribution in [0.15, 0.2) is 10.5 Å². The highest BCUT2D eigenvalue weighted by molar-refractivity contribution is 9.10. The molecule has 1 aromatic heterocycles. The van der Waals surface area contributed by atoms with Gasteiger partial charge in [-0.1, -0.05) is 27.7 Å². The van der Waals surface area contributed by atoms with Gasteiger partial charge in [0.15, 0.2) is 0 Å². The third-order valence-corrected chi connectivity index (χ3v) is 8.82. The molecule has 184 valence electrons. The molecule has 1 fully saturated rings. The van der Waals surface area contributed by atoms with E-state index in [1.807, 2.05) is 25.7 Å². The fraction of sp³-hybridized carbons (Fsp3) is 0.760. The van der Waals surface area contributed by atoms with Crippen molar-refractivity contribution in [2.45, 2.75) is 98.6 Å². The van der Waals surface area contributed by atoms with Crippen molar-refractivity contribution in [2.24, 2.45) is 11.3 Å². The van der Waals surface area contributed by atoms with Crippen molar-refractivity contribution in [2.75, 3.05) is 18.0 Å². The molecule has 2 aliphatic rings. The molecule has 2 aliphatic heterocycles.